The largest absolute Gasteiger partial charge is 0.391 e. The molecule has 1 aromatic heterocycles. The lowest BCUT2D eigenvalue weighted by atomic mass is 9.93. The normalized spacial score (nSPS) is 25.2. The maximum atomic E-state index is 12.1. The molecular formula is C11H19N3O3S. The molecule has 0 amide bonds. The van der Waals surface area contributed by atoms with Gasteiger partial charge < -0.3 is 9.67 Å². The van der Waals surface area contributed by atoms with Gasteiger partial charge in [-0.2, -0.15) is 0 Å². The van der Waals surface area contributed by atoms with E-state index in [1.807, 2.05) is 6.92 Å². The molecule has 0 saturated heterocycles. The van der Waals surface area contributed by atoms with Crippen LogP contribution < -0.4 is 4.72 Å². The summed E-state index contributed by atoms with van der Waals surface area (Å²) in [5.74, 6) is 0. The number of aromatic nitrogens is 2. The first kappa shape index (κ1) is 13.5. The summed E-state index contributed by atoms with van der Waals surface area (Å²) in [6.07, 6.45) is 5.61. The molecule has 1 aliphatic rings. The summed E-state index contributed by atoms with van der Waals surface area (Å²) < 4.78 is 28.4. The van der Waals surface area contributed by atoms with Crippen LogP contribution in [-0.4, -0.2) is 35.2 Å². The standard InChI is InChI=1S/C11H19N3O3S/c1-2-14-7-11(12-8-14)18(16,17)13-9-5-3-4-6-10(9)15/h7-10,13,15H,2-6H2,1H3/t9-,10-/m1/s1. The van der Waals surface area contributed by atoms with E-state index in [-0.39, 0.29) is 5.03 Å². The molecule has 0 spiro atoms. The number of nitrogens with zero attached hydrogens (tertiary/aromatic N) is 2. The summed E-state index contributed by atoms with van der Waals surface area (Å²) in [7, 11) is -3.62. The molecule has 1 aliphatic carbocycles. The van der Waals surface area contributed by atoms with Gasteiger partial charge in [0.2, 0.25) is 0 Å². The molecule has 18 heavy (non-hydrogen) atoms. The quantitative estimate of drug-likeness (QED) is 0.836. The Morgan fingerprint density at radius 3 is 2.83 bits per heavy atom. The third kappa shape index (κ3) is 2.90. The first-order chi connectivity index (χ1) is 8.53. The van der Waals surface area contributed by atoms with Crippen molar-refractivity contribution >= 4 is 10.0 Å². The van der Waals surface area contributed by atoms with Crippen LogP contribution in [0.15, 0.2) is 17.6 Å². The van der Waals surface area contributed by atoms with Crippen molar-refractivity contribution in [2.45, 2.75) is 56.3 Å². The van der Waals surface area contributed by atoms with Crippen LogP contribution in [0.2, 0.25) is 0 Å². The molecule has 0 bridgehead atoms. The number of sulfonamides is 1. The molecule has 2 atom stereocenters. The Balaban J connectivity index is 2.11. The zero-order valence-electron chi connectivity index (χ0n) is 10.4. The van der Waals surface area contributed by atoms with Crippen molar-refractivity contribution in [1.82, 2.24) is 14.3 Å². The Labute approximate surface area is 107 Å². The molecule has 2 rings (SSSR count). The van der Waals surface area contributed by atoms with Crippen molar-refractivity contribution < 1.29 is 13.5 Å². The topological polar surface area (TPSA) is 84.2 Å². The van der Waals surface area contributed by atoms with Gasteiger partial charge in [0.25, 0.3) is 10.0 Å². The van der Waals surface area contributed by atoms with Gasteiger partial charge in [-0.1, -0.05) is 12.8 Å². The first-order valence-electron chi connectivity index (χ1n) is 6.25. The van der Waals surface area contributed by atoms with Crippen LogP contribution >= 0.6 is 0 Å². The fourth-order valence-electron chi connectivity index (χ4n) is 2.16. The van der Waals surface area contributed by atoms with E-state index >= 15 is 0 Å². The van der Waals surface area contributed by atoms with Crippen molar-refractivity contribution in [3.8, 4) is 0 Å². The highest BCUT2D eigenvalue weighted by Crippen LogP contribution is 2.20. The molecule has 1 fully saturated rings. The Morgan fingerprint density at radius 1 is 1.50 bits per heavy atom. The smallest absolute Gasteiger partial charge is 0.259 e. The second kappa shape index (κ2) is 5.38. The second-order valence-electron chi connectivity index (χ2n) is 4.62. The summed E-state index contributed by atoms with van der Waals surface area (Å²) in [6, 6.07) is -0.393. The molecule has 6 nitrogen and oxygen atoms in total. The highest BCUT2D eigenvalue weighted by Gasteiger charge is 2.29. The lowest BCUT2D eigenvalue weighted by Gasteiger charge is -2.27. The maximum absolute atomic E-state index is 12.1. The Hall–Kier alpha value is -0.920. The van der Waals surface area contributed by atoms with Gasteiger partial charge in [-0.15, -0.1) is 0 Å². The highest BCUT2D eigenvalue weighted by molar-refractivity contribution is 7.89. The Morgan fingerprint density at radius 2 is 2.22 bits per heavy atom. The van der Waals surface area contributed by atoms with Gasteiger partial charge in [0, 0.05) is 18.8 Å². The van der Waals surface area contributed by atoms with Crippen molar-refractivity contribution in [3.05, 3.63) is 12.5 Å². The highest BCUT2D eigenvalue weighted by atomic mass is 32.2. The van der Waals surface area contributed by atoms with Crippen LogP contribution in [0.25, 0.3) is 0 Å². The minimum atomic E-state index is -3.62. The fraction of sp³-hybridized carbons (Fsp3) is 0.727. The number of aliphatic hydroxyl groups is 1. The molecule has 0 radical (unpaired) electrons. The van der Waals surface area contributed by atoms with Gasteiger partial charge in [-0.05, 0) is 19.8 Å². The lowest BCUT2D eigenvalue weighted by molar-refractivity contribution is 0.101. The van der Waals surface area contributed by atoms with Gasteiger partial charge >= 0.3 is 0 Å². The minimum absolute atomic E-state index is 0.0159. The van der Waals surface area contributed by atoms with Gasteiger partial charge in [0.1, 0.15) is 0 Å². The average Bonchev–Trinajstić information content (AvgIpc) is 2.81. The number of rotatable bonds is 4. The molecular weight excluding hydrogens is 254 g/mol. The predicted octanol–water partition coefficient (Wildman–Crippen LogP) is 0.485. The number of aryl methyl sites for hydroxylation is 1. The number of imidazole rings is 1. The minimum Gasteiger partial charge on any atom is -0.391 e. The molecule has 1 saturated carbocycles. The third-order valence-corrected chi connectivity index (χ3v) is 4.66. The third-order valence-electron chi connectivity index (χ3n) is 3.29. The second-order valence-corrected chi connectivity index (χ2v) is 6.28. The molecule has 0 aliphatic heterocycles. The van der Waals surface area contributed by atoms with E-state index in [0.717, 1.165) is 12.8 Å². The van der Waals surface area contributed by atoms with Crippen LogP contribution in [0.4, 0.5) is 0 Å². The summed E-state index contributed by atoms with van der Waals surface area (Å²) in [5, 5.41) is 9.79. The zero-order valence-corrected chi connectivity index (χ0v) is 11.2. The van der Waals surface area contributed by atoms with Crippen LogP contribution in [0.1, 0.15) is 32.6 Å². The maximum Gasteiger partial charge on any atom is 0.259 e. The van der Waals surface area contributed by atoms with Crippen LogP contribution in [-0.2, 0) is 16.6 Å². The van der Waals surface area contributed by atoms with Crippen molar-refractivity contribution in [1.29, 1.82) is 0 Å². The summed E-state index contributed by atoms with van der Waals surface area (Å²) in [5.41, 5.74) is 0. The molecule has 7 heteroatoms. The van der Waals surface area contributed by atoms with E-state index in [4.69, 9.17) is 0 Å². The van der Waals surface area contributed by atoms with E-state index in [1.54, 1.807) is 4.57 Å². The Kier molecular flexibility index (Phi) is 4.04. The predicted molar refractivity (Wildman–Crippen MR) is 66.5 cm³/mol. The van der Waals surface area contributed by atoms with Gasteiger partial charge in [0.15, 0.2) is 5.03 Å². The number of aliphatic hydroxyl groups excluding tert-OH is 1. The van der Waals surface area contributed by atoms with Crippen molar-refractivity contribution in [3.63, 3.8) is 0 Å². The van der Waals surface area contributed by atoms with Gasteiger partial charge in [-0.3, -0.25) is 0 Å². The van der Waals surface area contributed by atoms with Crippen molar-refractivity contribution in [2.75, 3.05) is 0 Å². The van der Waals surface area contributed by atoms with Crippen LogP contribution in [0, 0.1) is 0 Å². The molecule has 1 heterocycles. The molecule has 0 unspecified atom stereocenters. The lowest BCUT2D eigenvalue weighted by Crippen LogP contribution is -2.45. The van der Waals surface area contributed by atoms with E-state index in [1.165, 1.54) is 12.5 Å². The Bertz CT molecular complexity index is 497. The first-order valence-corrected chi connectivity index (χ1v) is 7.73. The number of nitrogens with one attached hydrogen (secondary N) is 1. The van der Waals surface area contributed by atoms with E-state index in [9.17, 15) is 13.5 Å². The SMILES string of the molecule is CCn1cnc(S(=O)(=O)N[C@@H]2CCCC[C@H]2O)c1. The molecule has 0 aromatic carbocycles. The summed E-state index contributed by atoms with van der Waals surface area (Å²) >= 11 is 0. The summed E-state index contributed by atoms with van der Waals surface area (Å²) in [4.78, 5) is 3.88. The average molecular weight is 273 g/mol. The molecule has 1 aromatic rings. The molecule has 102 valence electrons. The molecule has 2 N–H and O–H groups in total. The van der Waals surface area contributed by atoms with Gasteiger partial charge in [-0.25, -0.2) is 18.1 Å². The van der Waals surface area contributed by atoms with Crippen LogP contribution in [0.3, 0.4) is 0 Å². The number of hydrogen-bond acceptors (Lipinski definition) is 4. The summed E-state index contributed by atoms with van der Waals surface area (Å²) in [6.45, 7) is 2.59. The van der Waals surface area contributed by atoms with E-state index in [2.05, 4.69) is 9.71 Å². The fourth-order valence-corrected chi connectivity index (χ4v) is 3.41. The zero-order chi connectivity index (χ0) is 13.2. The van der Waals surface area contributed by atoms with E-state index in [0.29, 0.717) is 19.4 Å². The monoisotopic (exact) mass is 273 g/mol. The van der Waals surface area contributed by atoms with Crippen LogP contribution in [0.5, 0.6) is 0 Å². The van der Waals surface area contributed by atoms with Crippen molar-refractivity contribution in [2.24, 2.45) is 0 Å². The number of hydrogen-bond donors (Lipinski definition) is 2. The van der Waals surface area contributed by atoms with Gasteiger partial charge in [0.05, 0.1) is 12.4 Å². The van der Waals surface area contributed by atoms with E-state index < -0.39 is 22.2 Å².